The van der Waals surface area contributed by atoms with Crippen molar-refractivity contribution in [2.24, 2.45) is 0 Å². The molecule has 0 fully saturated rings. The molecular weight excluding hydrogens is 493 g/mol. The maximum Gasteiger partial charge on any atom is 0.212 e. The number of ether oxygens (including phenoxy) is 1. The van der Waals surface area contributed by atoms with Crippen molar-refractivity contribution in [3.05, 3.63) is 113 Å². The first-order chi connectivity index (χ1) is 17.6. The molecule has 0 saturated heterocycles. The number of halogens is 1. The SMILES string of the molecule is CN1CC(Oc2ccc(SNc3nccs3)cc2C#N)=C(c2ccc(F)nc2)C=C1c1ccccc1. The second-order valence-electron chi connectivity index (χ2n) is 7.87. The van der Waals surface area contributed by atoms with Crippen molar-refractivity contribution >= 4 is 39.7 Å². The predicted molar refractivity (Wildman–Crippen MR) is 142 cm³/mol. The molecule has 3 heterocycles. The van der Waals surface area contributed by atoms with E-state index in [4.69, 9.17) is 4.74 Å². The molecule has 2 aromatic carbocycles. The highest BCUT2D eigenvalue weighted by Crippen LogP contribution is 2.35. The number of hydrogen-bond acceptors (Lipinski definition) is 8. The van der Waals surface area contributed by atoms with Gasteiger partial charge >= 0.3 is 0 Å². The number of benzene rings is 2. The molecule has 2 aromatic heterocycles. The van der Waals surface area contributed by atoms with Gasteiger partial charge < -0.3 is 14.4 Å². The average Bonchev–Trinajstić information content (AvgIpc) is 3.43. The lowest BCUT2D eigenvalue weighted by Crippen LogP contribution is -2.26. The highest BCUT2D eigenvalue weighted by atomic mass is 32.2. The summed E-state index contributed by atoms with van der Waals surface area (Å²) in [7, 11) is 1.98. The average molecular weight is 514 g/mol. The van der Waals surface area contributed by atoms with Gasteiger partial charge in [-0.05, 0) is 53.9 Å². The van der Waals surface area contributed by atoms with E-state index in [0.29, 0.717) is 23.6 Å². The zero-order valence-corrected chi connectivity index (χ0v) is 20.8. The molecule has 1 aliphatic heterocycles. The molecule has 0 saturated carbocycles. The van der Waals surface area contributed by atoms with Gasteiger partial charge in [0.1, 0.15) is 17.6 Å². The molecule has 0 atom stereocenters. The molecule has 36 heavy (non-hydrogen) atoms. The fraction of sp³-hybridized carbons (Fsp3) is 0.0741. The number of pyridine rings is 1. The van der Waals surface area contributed by atoms with E-state index in [1.165, 1.54) is 35.5 Å². The Morgan fingerprint density at radius 2 is 1.97 bits per heavy atom. The van der Waals surface area contributed by atoms with Gasteiger partial charge in [0.25, 0.3) is 0 Å². The molecule has 0 unspecified atom stereocenters. The number of nitriles is 1. The molecule has 0 radical (unpaired) electrons. The molecule has 178 valence electrons. The van der Waals surface area contributed by atoms with Crippen LogP contribution in [0.5, 0.6) is 5.75 Å². The Labute approximate surface area is 216 Å². The van der Waals surface area contributed by atoms with Gasteiger partial charge in [0.05, 0.1) is 12.1 Å². The summed E-state index contributed by atoms with van der Waals surface area (Å²) in [5.74, 6) is 0.542. The number of hydrogen-bond donors (Lipinski definition) is 1. The zero-order chi connectivity index (χ0) is 24.9. The number of rotatable bonds is 7. The van der Waals surface area contributed by atoms with Crippen molar-refractivity contribution in [3.63, 3.8) is 0 Å². The second kappa shape index (κ2) is 10.6. The largest absolute Gasteiger partial charge is 0.458 e. The third-order valence-electron chi connectivity index (χ3n) is 5.47. The molecule has 9 heteroatoms. The summed E-state index contributed by atoms with van der Waals surface area (Å²) in [4.78, 5) is 11.0. The summed E-state index contributed by atoms with van der Waals surface area (Å²) in [6, 6.07) is 20.7. The summed E-state index contributed by atoms with van der Waals surface area (Å²) in [5.41, 5.74) is 3.98. The van der Waals surface area contributed by atoms with Crippen LogP contribution < -0.4 is 9.46 Å². The number of thiazole rings is 1. The third-order valence-corrected chi connectivity index (χ3v) is 7.08. The molecule has 4 aromatic rings. The molecular formula is C27H20FN5OS2. The lowest BCUT2D eigenvalue weighted by molar-refractivity contribution is 0.360. The van der Waals surface area contributed by atoms with Crippen LogP contribution in [0.25, 0.3) is 11.3 Å². The lowest BCUT2D eigenvalue weighted by atomic mass is 9.98. The smallest absolute Gasteiger partial charge is 0.212 e. The van der Waals surface area contributed by atoms with Crippen LogP contribution in [0, 0.1) is 17.3 Å². The molecule has 6 nitrogen and oxygen atoms in total. The van der Waals surface area contributed by atoms with Crippen LogP contribution in [0.4, 0.5) is 9.52 Å². The van der Waals surface area contributed by atoms with Gasteiger partial charge in [-0.15, -0.1) is 11.3 Å². The van der Waals surface area contributed by atoms with Crippen LogP contribution in [-0.2, 0) is 0 Å². The number of likely N-dealkylation sites (N-methyl/N-ethyl adjacent to an activating group) is 1. The number of allylic oxidation sites excluding steroid dienone is 2. The lowest BCUT2D eigenvalue weighted by Gasteiger charge is -2.30. The van der Waals surface area contributed by atoms with Crippen molar-refractivity contribution in [2.45, 2.75) is 4.90 Å². The Balaban J connectivity index is 1.50. The van der Waals surface area contributed by atoms with Crippen LogP contribution in [0.15, 0.2) is 95.2 Å². The Morgan fingerprint density at radius 3 is 2.69 bits per heavy atom. The fourth-order valence-electron chi connectivity index (χ4n) is 3.75. The number of anilines is 1. The minimum absolute atomic E-state index is 0.408. The summed E-state index contributed by atoms with van der Waals surface area (Å²) in [5, 5.41) is 12.5. The second-order valence-corrected chi connectivity index (χ2v) is 9.65. The highest BCUT2D eigenvalue weighted by molar-refractivity contribution is 8.00. The fourth-order valence-corrected chi connectivity index (χ4v) is 5.01. The van der Waals surface area contributed by atoms with Gasteiger partial charge in [-0.2, -0.15) is 9.65 Å². The topological polar surface area (TPSA) is 74.1 Å². The Morgan fingerprint density at radius 1 is 1.11 bits per heavy atom. The molecule has 0 spiro atoms. The first kappa shape index (κ1) is 23.6. The van der Waals surface area contributed by atoms with Crippen LogP contribution in [0.3, 0.4) is 0 Å². The van der Waals surface area contributed by atoms with Crippen molar-refractivity contribution in [3.8, 4) is 11.8 Å². The molecule has 0 bridgehead atoms. The maximum atomic E-state index is 13.6. The van der Waals surface area contributed by atoms with E-state index in [1.54, 1.807) is 24.4 Å². The summed E-state index contributed by atoms with van der Waals surface area (Å²) in [6.07, 6.45) is 5.23. The molecule has 1 N–H and O–H groups in total. The molecule has 0 aliphatic carbocycles. The van der Waals surface area contributed by atoms with E-state index < -0.39 is 5.95 Å². The van der Waals surface area contributed by atoms with E-state index in [9.17, 15) is 9.65 Å². The summed E-state index contributed by atoms with van der Waals surface area (Å²) < 4.78 is 23.1. The predicted octanol–water partition coefficient (Wildman–Crippen LogP) is 6.44. The van der Waals surface area contributed by atoms with Crippen molar-refractivity contribution < 1.29 is 9.13 Å². The standard InChI is InChI=1S/C27H20FN5OS2/c1-33-17-25(34-24-9-8-21(13-20(24)15-29)36-32-27-30-11-12-35-27)22(19-7-10-26(28)31-16-19)14-23(33)18-5-3-2-4-6-18/h2-14,16H,17H2,1H3,(H,30,32). The molecule has 5 rings (SSSR count). The van der Waals surface area contributed by atoms with Crippen LogP contribution in [-0.4, -0.2) is 28.5 Å². The van der Waals surface area contributed by atoms with Gasteiger partial charge in [-0.25, -0.2) is 9.97 Å². The monoisotopic (exact) mass is 513 g/mol. The minimum Gasteiger partial charge on any atom is -0.458 e. The summed E-state index contributed by atoms with van der Waals surface area (Å²) in [6.45, 7) is 0.459. The van der Waals surface area contributed by atoms with Gasteiger partial charge in [0.2, 0.25) is 5.95 Å². The van der Waals surface area contributed by atoms with Gasteiger partial charge in [-0.3, -0.25) is 0 Å². The van der Waals surface area contributed by atoms with Crippen LogP contribution >= 0.6 is 23.3 Å². The van der Waals surface area contributed by atoms with Gasteiger partial charge in [0, 0.05) is 46.6 Å². The molecule has 1 aliphatic rings. The van der Waals surface area contributed by atoms with E-state index in [0.717, 1.165) is 32.4 Å². The van der Waals surface area contributed by atoms with Crippen LogP contribution in [0.2, 0.25) is 0 Å². The van der Waals surface area contributed by atoms with Crippen molar-refractivity contribution in [1.29, 1.82) is 5.26 Å². The van der Waals surface area contributed by atoms with Gasteiger partial charge in [-0.1, -0.05) is 30.3 Å². The number of aromatic nitrogens is 2. The Hall–Kier alpha value is -4.13. The third kappa shape index (κ3) is 5.25. The van der Waals surface area contributed by atoms with E-state index >= 15 is 0 Å². The first-order valence-corrected chi connectivity index (χ1v) is 12.7. The Kier molecular flexibility index (Phi) is 6.98. The van der Waals surface area contributed by atoms with E-state index in [2.05, 4.69) is 25.7 Å². The van der Waals surface area contributed by atoms with Gasteiger partial charge in [0.15, 0.2) is 5.13 Å². The Bertz CT molecular complexity index is 1460. The zero-order valence-electron chi connectivity index (χ0n) is 19.2. The maximum absolute atomic E-state index is 13.6. The van der Waals surface area contributed by atoms with E-state index in [-0.39, 0.29) is 0 Å². The van der Waals surface area contributed by atoms with Crippen molar-refractivity contribution in [1.82, 2.24) is 14.9 Å². The molecule has 0 amide bonds. The normalized spacial score (nSPS) is 13.2. The van der Waals surface area contributed by atoms with Crippen LogP contribution in [0.1, 0.15) is 16.7 Å². The quantitative estimate of drug-likeness (QED) is 0.225. The summed E-state index contributed by atoms with van der Waals surface area (Å²) >= 11 is 2.88. The first-order valence-electron chi connectivity index (χ1n) is 11.0. The number of nitrogens with zero attached hydrogens (tertiary/aromatic N) is 4. The minimum atomic E-state index is -0.548. The van der Waals surface area contributed by atoms with Crippen molar-refractivity contribution in [2.75, 3.05) is 18.3 Å². The number of nitrogens with one attached hydrogen (secondary N) is 1. The highest BCUT2D eigenvalue weighted by Gasteiger charge is 2.23. The van der Waals surface area contributed by atoms with E-state index in [1.807, 2.05) is 54.9 Å².